The molecule has 0 atom stereocenters. The average Bonchev–Trinajstić information content (AvgIpc) is 2.29. The van der Waals surface area contributed by atoms with E-state index in [1.54, 1.807) is 0 Å². The molecular weight excluding hydrogens is 204 g/mol. The van der Waals surface area contributed by atoms with Crippen LogP contribution in [0, 0.1) is 6.92 Å². The standard InChI is InChI=1S/C13H16O3/c1-4-11(13(14)15-3)9-16-12-7-5-6-10(2)8-12/h5-9H,4H2,1-3H3. The number of aryl methyl sites for hydroxylation is 1. The van der Waals surface area contributed by atoms with Crippen LogP contribution in [0.1, 0.15) is 18.9 Å². The Morgan fingerprint density at radius 2 is 2.19 bits per heavy atom. The van der Waals surface area contributed by atoms with Crippen molar-refractivity contribution >= 4 is 5.97 Å². The van der Waals surface area contributed by atoms with Gasteiger partial charge in [-0.25, -0.2) is 4.79 Å². The van der Waals surface area contributed by atoms with E-state index in [9.17, 15) is 4.79 Å². The lowest BCUT2D eigenvalue weighted by molar-refractivity contribution is -0.136. The molecule has 86 valence electrons. The maximum atomic E-state index is 11.3. The molecule has 16 heavy (non-hydrogen) atoms. The normalized spacial score (nSPS) is 11.1. The molecule has 0 aliphatic heterocycles. The lowest BCUT2D eigenvalue weighted by Gasteiger charge is -2.04. The van der Waals surface area contributed by atoms with Crippen molar-refractivity contribution < 1.29 is 14.3 Å². The molecule has 0 aliphatic rings. The molecule has 0 saturated carbocycles. The van der Waals surface area contributed by atoms with Crippen molar-refractivity contribution in [3.8, 4) is 5.75 Å². The van der Waals surface area contributed by atoms with E-state index >= 15 is 0 Å². The number of hydrogen-bond donors (Lipinski definition) is 0. The number of methoxy groups -OCH3 is 1. The van der Waals surface area contributed by atoms with E-state index in [1.165, 1.54) is 13.4 Å². The smallest absolute Gasteiger partial charge is 0.336 e. The van der Waals surface area contributed by atoms with Gasteiger partial charge in [0.15, 0.2) is 0 Å². The number of carbonyl (C=O) groups is 1. The SMILES string of the molecule is CCC(=COc1cccc(C)c1)C(=O)OC. The van der Waals surface area contributed by atoms with Gasteiger partial charge in [0.05, 0.1) is 12.7 Å². The second kappa shape index (κ2) is 5.95. The van der Waals surface area contributed by atoms with Gasteiger partial charge in [0, 0.05) is 0 Å². The van der Waals surface area contributed by atoms with Crippen molar-refractivity contribution in [3.63, 3.8) is 0 Å². The Bertz CT molecular complexity index is 394. The number of ether oxygens (including phenoxy) is 2. The Morgan fingerprint density at radius 3 is 2.75 bits per heavy atom. The Labute approximate surface area is 95.7 Å². The number of esters is 1. The van der Waals surface area contributed by atoms with Gasteiger partial charge in [-0.05, 0) is 31.0 Å². The van der Waals surface area contributed by atoms with Crippen LogP contribution in [0.15, 0.2) is 36.1 Å². The number of hydrogen-bond acceptors (Lipinski definition) is 3. The molecule has 1 rings (SSSR count). The van der Waals surface area contributed by atoms with Crippen molar-refractivity contribution in [1.29, 1.82) is 0 Å². The molecule has 1 aromatic carbocycles. The molecule has 0 fully saturated rings. The van der Waals surface area contributed by atoms with Crippen molar-refractivity contribution in [2.75, 3.05) is 7.11 Å². The molecule has 3 nitrogen and oxygen atoms in total. The fourth-order valence-electron chi connectivity index (χ4n) is 1.23. The van der Waals surface area contributed by atoms with Gasteiger partial charge in [-0.2, -0.15) is 0 Å². The highest BCUT2D eigenvalue weighted by molar-refractivity contribution is 5.87. The number of rotatable bonds is 4. The van der Waals surface area contributed by atoms with E-state index in [-0.39, 0.29) is 5.97 Å². The second-order valence-corrected chi connectivity index (χ2v) is 3.42. The first-order valence-corrected chi connectivity index (χ1v) is 5.18. The first kappa shape index (κ1) is 12.3. The van der Waals surface area contributed by atoms with Crippen molar-refractivity contribution in [2.45, 2.75) is 20.3 Å². The Hall–Kier alpha value is -1.77. The summed E-state index contributed by atoms with van der Waals surface area (Å²) in [6.07, 6.45) is 2.03. The third-order valence-corrected chi connectivity index (χ3v) is 2.16. The quantitative estimate of drug-likeness (QED) is 0.444. The van der Waals surface area contributed by atoms with Crippen LogP contribution in [0.2, 0.25) is 0 Å². The summed E-state index contributed by atoms with van der Waals surface area (Å²) in [6, 6.07) is 7.63. The summed E-state index contributed by atoms with van der Waals surface area (Å²) >= 11 is 0. The van der Waals surface area contributed by atoms with Gasteiger partial charge < -0.3 is 9.47 Å². The molecule has 0 spiro atoms. The van der Waals surface area contributed by atoms with E-state index in [0.717, 1.165) is 11.3 Å². The number of benzene rings is 1. The van der Waals surface area contributed by atoms with Crippen LogP contribution in [0.25, 0.3) is 0 Å². The van der Waals surface area contributed by atoms with Gasteiger partial charge in [-0.1, -0.05) is 19.1 Å². The summed E-state index contributed by atoms with van der Waals surface area (Å²) in [7, 11) is 1.36. The number of carbonyl (C=O) groups excluding carboxylic acids is 1. The topological polar surface area (TPSA) is 35.5 Å². The van der Waals surface area contributed by atoms with Crippen LogP contribution in [0.4, 0.5) is 0 Å². The fraction of sp³-hybridized carbons (Fsp3) is 0.308. The van der Waals surface area contributed by atoms with Gasteiger partial charge >= 0.3 is 5.97 Å². The van der Waals surface area contributed by atoms with E-state index < -0.39 is 0 Å². The predicted octanol–water partition coefficient (Wildman–Crippen LogP) is 2.84. The highest BCUT2D eigenvalue weighted by Crippen LogP contribution is 2.14. The minimum atomic E-state index is -0.352. The molecule has 0 unspecified atom stereocenters. The van der Waals surface area contributed by atoms with Crippen LogP contribution in [-0.2, 0) is 9.53 Å². The predicted molar refractivity (Wildman–Crippen MR) is 62.2 cm³/mol. The lowest BCUT2D eigenvalue weighted by Crippen LogP contribution is -2.05. The molecule has 0 amide bonds. The van der Waals surface area contributed by atoms with Gasteiger partial charge in [-0.15, -0.1) is 0 Å². The zero-order valence-corrected chi connectivity index (χ0v) is 9.82. The van der Waals surface area contributed by atoms with E-state index in [2.05, 4.69) is 4.74 Å². The van der Waals surface area contributed by atoms with Crippen LogP contribution in [0.5, 0.6) is 5.75 Å². The summed E-state index contributed by atoms with van der Waals surface area (Å²) < 4.78 is 10.0. The van der Waals surface area contributed by atoms with Crippen LogP contribution < -0.4 is 4.74 Å². The van der Waals surface area contributed by atoms with Crippen molar-refractivity contribution in [1.82, 2.24) is 0 Å². The first-order valence-electron chi connectivity index (χ1n) is 5.18. The molecule has 0 bridgehead atoms. The third kappa shape index (κ3) is 3.42. The molecule has 0 N–H and O–H groups in total. The second-order valence-electron chi connectivity index (χ2n) is 3.42. The zero-order chi connectivity index (χ0) is 12.0. The van der Waals surface area contributed by atoms with Gasteiger partial charge in [0.25, 0.3) is 0 Å². The molecule has 0 aliphatic carbocycles. The van der Waals surface area contributed by atoms with Crippen molar-refractivity contribution in [3.05, 3.63) is 41.7 Å². The fourth-order valence-corrected chi connectivity index (χ4v) is 1.23. The summed E-state index contributed by atoms with van der Waals surface area (Å²) in [4.78, 5) is 11.3. The molecule has 0 heterocycles. The Kier molecular flexibility index (Phi) is 4.58. The maximum Gasteiger partial charge on any atom is 0.336 e. The minimum absolute atomic E-state index is 0.352. The monoisotopic (exact) mass is 220 g/mol. The van der Waals surface area contributed by atoms with Gasteiger partial charge in [0.2, 0.25) is 0 Å². The van der Waals surface area contributed by atoms with Crippen LogP contribution in [-0.4, -0.2) is 13.1 Å². The molecule has 3 heteroatoms. The Morgan fingerprint density at radius 1 is 1.44 bits per heavy atom. The first-order chi connectivity index (χ1) is 7.67. The molecule has 1 aromatic rings. The molecule has 0 radical (unpaired) electrons. The summed E-state index contributed by atoms with van der Waals surface area (Å²) in [5.74, 6) is 0.366. The highest BCUT2D eigenvalue weighted by Gasteiger charge is 2.07. The van der Waals surface area contributed by atoms with E-state index in [0.29, 0.717) is 12.0 Å². The minimum Gasteiger partial charge on any atom is -0.466 e. The Balaban J connectivity index is 2.74. The van der Waals surface area contributed by atoms with Crippen LogP contribution in [0.3, 0.4) is 0 Å². The van der Waals surface area contributed by atoms with E-state index in [4.69, 9.17) is 4.74 Å². The van der Waals surface area contributed by atoms with Crippen molar-refractivity contribution in [2.24, 2.45) is 0 Å². The van der Waals surface area contributed by atoms with E-state index in [1.807, 2.05) is 38.1 Å². The highest BCUT2D eigenvalue weighted by atomic mass is 16.5. The zero-order valence-electron chi connectivity index (χ0n) is 9.82. The molecule has 0 aromatic heterocycles. The molecular formula is C13H16O3. The summed E-state index contributed by atoms with van der Waals surface area (Å²) in [5.41, 5.74) is 1.63. The summed E-state index contributed by atoms with van der Waals surface area (Å²) in [5, 5.41) is 0. The largest absolute Gasteiger partial charge is 0.466 e. The average molecular weight is 220 g/mol. The van der Waals surface area contributed by atoms with Crippen LogP contribution >= 0.6 is 0 Å². The van der Waals surface area contributed by atoms with Gasteiger partial charge in [-0.3, -0.25) is 0 Å². The lowest BCUT2D eigenvalue weighted by atomic mass is 10.2. The van der Waals surface area contributed by atoms with Gasteiger partial charge in [0.1, 0.15) is 12.0 Å². The maximum absolute atomic E-state index is 11.3. The third-order valence-electron chi connectivity index (χ3n) is 2.16. The molecule has 0 saturated heterocycles. The summed E-state index contributed by atoms with van der Waals surface area (Å²) in [6.45, 7) is 3.86.